The highest BCUT2D eigenvalue weighted by atomic mass is 32.2. The highest BCUT2D eigenvalue weighted by Crippen LogP contribution is 2.23. The van der Waals surface area contributed by atoms with Crippen molar-refractivity contribution in [2.24, 2.45) is 0 Å². The van der Waals surface area contributed by atoms with E-state index in [-0.39, 0.29) is 37.0 Å². The van der Waals surface area contributed by atoms with Crippen LogP contribution in [-0.2, 0) is 20.8 Å². The minimum Gasteiger partial charge on any atom is -0.481 e. The minimum absolute atomic E-state index is 0.0171. The van der Waals surface area contributed by atoms with Crippen LogP contribution in [0.1, 0.15) is 18.4 Å². The standard InChI is InChI=1S/C16H19FN2O4S/c17-11-5-2-1-4-10(11)8-13-16(23)19-12(9-24-13)15(22)18-7-3-6-14(20)21/h1-2,4-5,12-13H,3,6-9H2,(H,18,22)(H,19,23)(H,20,21). The molecular weight excluding hydrogens is 335 g/mol. The van der Waals surface area contributed by atoms with Gasteiger partial charge in [0.1, 0.15) is 11.9 Å². The Bertz CT molecular complexity index is 626. The number of carboxylic acids is 1. The normalized spacial score (nSPS) is 20.3. The van der Waals surface area contributed by atoms with Crippen molar-refractivity contribution in [2.45, 2.75) is 30.6 Å². The Morgan fingerprint density at radius 3 is 2.79 bits per heavy atom. The average molecular weight is 354 g/mol. The monoisotopic (exact) mass is 354 g/mol. The number of hydrogen-bond acceptors (Lipinski definition) is 4. The molecule has 1 fully saturated rings. The van der Waals surface area contributed by atoms with Gasteiger partial charge in [-0.15, -0.1) is 11.8 Å². The summed E-state index contributed by atoms with van der Waals surface area (Å²) in [4.78, 5) is 34.5. The van der Waals surface area contributed by atoms with Crippen LogP contribution in [0.25, 0.3) is 0 Å². The van der Waals surface area contributed by atoms with Crippen LogP contribution < -0.4 is 10.6 Å². The second kappa shape index (κ2) is 8.68. The van der Waals surface area contributed by atoms with E-state index in [2.05, 4.69) is 10.6 Å². The molecule has 2 amide bonds. The summed E-state index contributed by atoms with van der Waals surface area (Å²) < 4.78 is 13.7. The predicted octanol–water partition coefficient (Wildman–Crippen LogP) is 0.949. The highest BCUT2D eigenvalue weighted by Gasteiger charge is 2.32. The molecule has 2 atom stereocenters. The molecule has 1 aromatic rings. The molecule has 0 radical (unpaired) electrons. The quantitative estimate of drug-likeness (QED) is 0.634. The number of rotatable bonds is 7. The van der Waals surface area contributed by atoms with Gasteiger partial charge in [0.05, 0.1) is 5.25 Å². The van der Waals surface area contributed by atoms with Crippen molar-refractivity contribution in [1.82, 2.24) is 10.6 Å². The molecule has 6 nitrogen and oxygen atoms in total. The lowest BCUT2D eigenvalue weighted by molar-refractivity contribution is -0.137. The van der Waals surface area contributed by atoms with E-state index in [1.54, 1.807) is 18.2 Å². The van der Waals surface area contributed by atoms with Gasteiger partial charge in [-0.3, -0.25) is 14.4 Å². The Morgan fingerprint density at radius 2 is 2.12 bits per heavy atom. The van der Waals surface area contributed by atoms with Crippen LogP contribution in [0.5, 0.6) is 0 Å². The van der Waals surface area contributed by atoms with Crippen molar-refractivity contribution in [3.05, 3.63) is 35.6 Å². The Morgan fingerprint density at radius 1 is 1.38 bits per heavy atom. The van der Waals surface area contributed by atoms with Crippen LogP contribution in [0.15, 0.2) is 24.3 Å². The maximum atomic E-state index is 13.7. The van der Waals surface area contributed by atoms with Crippen LogP contribution in [0.4, 0.5) is 4.39 Å². The molecule has 2 rings (SSSR count). The van der Waals surface area contributed by atoms with Crippen LogP contribution >= 0.6 is 11.8 Å². The number of halogens is 1. The van der Waals surface area contributed by atoms with Gasteiger partial charge in [-0.05, 0) is 24.5 Å². The number of carbonyl (C=O) groups excluding carboxylic acids is 2. The van der Waals surface area contributed by atoms with Gasteiger partial charge in [-0.25, -0.2) is 4.39 Å². The first-order valence-corrected chi connectivity index (χ1v) is 8.67. The minimum atomic E-state index is -0.915. The lowest BCUT2D eigenvalue weighted by Crippen LogP contribution is -2.54. The van der Waals surface area contributed by atoms with Gasteiger partial charge in [-0.1, -0.05) is 18.2 Å². The third-order valence-electron chi connectivity index (χ3n) is 3.62. The summed E-state index contributed by atoms with van der Waals surface area (Å²) >= 11 is 1.32. The molecule has 0 saturated carbocycles. The van der Waals surface area contributed by atoms with Crippen molar-refractivity contribution < 1.29 is 23.9 Å². The Kier molecular flexibility index (Phi) is 6.60. The van der Waals surface area contributed by atoms with Crippen molar-refractivity contribution in [3.63, 3.8) is 0 Å². The lowest BCUT2D eigenvalue weighted by Gasteiger charge is -2.28. The van der Waals surface area contributed by atoms with Crippen molar-refractivity contribution in [3.8, 4) is 0 Å². The number of benzene rings is 1. The molecule has 0 spiro atoms. The largest absolute Gasteiger partial charge is 0.481 e. The van der Waals surface area contributed by atoms with Gasteiger partial charge in [-0.2, -0.15) is 0 Å². The van der Waals surface area contributed by atoms with Crippen molar-refractivity contribution in [2.75, 3.05) is 12.3 Å². The number of hydrogen-bond donors (Lipinski definition) is 3. The Balaban J connectivity index is 1.80. The van der Waals surface area contributed by atoms with E-state index in [1.807, 2.05) is 0 Å². The van der Waals surface area contributed by atoms with E-state index < -0.39 is 17.3 Å². The molecule has 8 heteroatoms. The number of carbonyl (C=O) groups is 3. The zero-order valence-electron chi connectivity index (χ0n) is 13.0. The smallest absolute Gasteiger partial charge is 0.303 e. The summed E-state index contributed by atoms with van der Waals surface area (Å²) in [5.74, 6) is -1.48. The van der Waals surface area contributed by atoms with Crippen LogP contribution in [-0.4, -0.2) is 46.5 Å². The lowest BCUT2D eigenvalue weighted by atomic mass is 10.1. The van der Waals surface area contributed by atoms with Gasteiger partial charge in [0.2, 0.25) is 11.8 Å². The fourth-order valence-electron chi connectivity index (χ4n) is 2.33. The predicted molar refractivity (Wildman–Crippen MR) is 88.2 cm³/mol. The summed E-state index contributed by atoms with van der Waals surface area (Å²) in [5.41, 5.74) is 0.474. The van der Waals surface area contributed by atoms with E-state index >= 15 is 0 Å². The molecule has 0 aliphatic carbocycles. The first-order valence-electron chi connectivity index (χ1n) is 7.62. The summed E-state index contributed by atoms with van der Waals surface area (Å²) in [6.45, 7) is 0.251. The maximum absolute atomic E-state index is 13.7. The number of nitrogens with one attached hydrogen (secondary N) is 2. The SMILES string of the molecule is O=C(O)CCCNC(=O)C1CSC(Cc2ccccc2F)C(=O)N1. The number of carboxylic acid groups (broad SMARTS) is 1. The molecule has 130 valence electrons. The topological polar surface area (TPSA) is 95.5 Å². The first kappa shape index (κ1) is 18.3. The third kappa shape index (κ3) is 5.23. The molecule has 1 heterocycles. The van der Waals surface area contributed by atoms with Crippen molar-refractivity contribution in [1.29, 1.82) is 0 Å². The fourth-order valence-corrected chi connectivity index (χ4v) is 3.50. The van der Waals surface area contributed by atoms with Gasteiger partial charge >= 0.3 is 5.97 Å². The molecule has 1 aliphatic heterocycles. The average Bonchev–Trinajstić information content (AvgIpc) is 2.55. The summed E-state index contributed by atoms with van der Waals surface area (Å²) in [6, 6.07) is 5.66. The Hall–Kier alpha value is -2.09. The van der Waals surface area contributed by atoms with E-state index in [1.165, 1.54) is 17.8 Å². The van der Waals surface area contributed by atoms with Gasteiger partial charge in [0.25, 0.3) is 0 Å². The van der Waals surface area contributed by atoms with E-state index in [0.29, 0.717) is 17.7 Å². The number of aliphatic carboxylic acids is 1. The molecule has 1 saturated heterocycles. The second-order valence-electron chi connectivity index (χ2n) is 5.47. The summed E-state index contributed by atoms with van der Waals surface area (Å²) in [5, 5.41) is 13.4. The van der Waals surface area contributed by atoms with Crippen molar-refractivity contribution >= 4 is 29.5 Å². The Labute approximate surface area is 143 Å². The van der Waals surface area contributed by atoms with Gasteiger partial charge < -0.3 is 15.7 Å². The highest BCUT2D eigenvalue weighted by molar-refractivity contribution is 8.00. The second-order valence-corrected chi connectivity index (χ2v) is 6.70. The van der Waals surface area contributed by atoms with E-state index in [0.717, 1.165) is 0 Å². The number of thioether (sulfide) groups is 1. The van der Waals surface area contributed by atoms with Gasteiger partial charge in [0, 0.05) is 18.7 Å². The maximum Gasteiger partial charge on any atom is 0.303 e. The zero-order chi connectivity index (χ0) is 17.5. The molecule has 1 aliphatic rings. The zero-order valence-corrected chi connectivity index (χ0v) is 13.8. The van der Waals surface area contributed by atoms with Gasteiger partial charge in [0.15, 0.2) is 0 Å². The molecule has 2 unspecified atom stereocenters. The fraction of sp³-hybridized carbons (Fsp3) is 0.438. The third-order valence-corrected chi connectivity index (χ3v) is 4.93. The first-order chi connectivity index (χ1) is 11.5. The summed E-state index contributed by atoms with van der Waals surface area (Å²) in [7, 11) is 0. The van der Waals surface area contributed by atoms with Crippen LogP contribution in [0.2, 0.25) is 0 Å². The van der Waals surface area contributed by atoms with Crippen LogP contribution in [0.3, 0.4) is 0 Å². The molecule has 0 bridgehead atoms. The molecular formula is C16H19FN2O4S. The summed E-state index contributed by atoms with van der Waals surface area (Å²) in [6.07, 6.45) is 0.595. The number of amides is 2. The van der Waals surface area contributed by atoms with E-state index in [4.69, 9.17) is 5.11 Å². The molecule has 0 aromatic heterocycles. The van der Waals surface area contributed by atoms with E-state index in [9.17, 15) is 18.8 Å². The van der Waals surface area contributed by atoms with Crippen LogP contribution in [0, 0.1) is 5.82 Å². The molecule has 1 aromatic carbocycles. The molecule has 24 heavy (non-hydrogen) atoms. The molecule has 3 N–H and O–H groups in total.